The zero-order chi connectivity index (χ0) is 8.55. The Labute approximate surface area is 69.3 Å². The number of hydrogen-bond acceptors (Lipinski definition) is 2. The van der Waals surface area contributed by atoms with Crippen molar-refractivity contribution in [2.24, 2.45) is 7.05 Å². The third kappa shape index (κ3) is 0.906. The van der Waals surface area contributed by atoms with Gasteiger partial charge in [-0.2, -0.15) is 4.98 Å². The number of hydrogen-bond donors (Lipinski definition) is 0. The van der Waals surface area contributed by atoms with Crippen LogP contribution in [0.2, 0.25) is 0 Å². The molecule has 0 radical (unpaired) electrons. The summed E-state index contributed by atoms with van der Waals surface area (Å²) < 4.78 is 1.83. The Bertz CT molecular complexity index is 473. The summed E-state index contributed by atoms with van der Waals surface area (Å²) in [4.78, 5) is 14.9. The van der Waals surface area contributed by atoms with Crippen LogP contribution >= 0.6 is 0 Å². The van der Waals surface area contributed by atoms with E-state index < -0.39 is 0 Å². The smallest absolute Gasteiger partial charge is 0.280 e. The minimum Gasteiger partial charge on any atom is -0.335 e. The predicted octanol–water partition coefficient (Wildman–Crippen LogP) is 0.933. The molecule has 3 nitrogen and oxygen atoms in total. The van der Waals surface area contributed by atoms with Gasteiger partial charge in [0.1, 0.15) is 0 Å². The monoisotopic (exact) mass is 160 g/mol. The van der Waals surface area contributed by atoms with E-state index in [1.54, 1.807) is 6.07 Å². The largest absolute Gasteiger partial charge is 0.335 e. The number of rotatable bonds is 0. The van der Waals surface area contributed by atoms with Crippen molar-refractivity contribution in [3.63, 3.8) is 0 Å². The van der Waals surface area contributed by atoms with Gasteiger partial charge in [0, 0.05) is 7.05 Å². The van der Waals surface area contributed by atoms with Gasteiger partial charge < -0.3 is 4.57 Å². The third-order valence-corrected chi connectivity index (χ3v) is 1.86. The molecular formula is C9H8N2O. The summed E-state index contributed by atoms with van der Waals surface area (Å²) in [5.74, 6) is 0. The molecule has 0 amide bonds. The summed E-state index contributed by atoms with van der Waals surface area (Å²) in [6.45, 7) is 0. The van der Waals surface area contributed by atoms with Gasteiger partial charge in [-0.1, -0.05) is 12.1 Å². The minimum absolute atomic E-state index is 0.163. The average molecular weight is 160 g/mol. The Balaban J connectivity index is 3.05. The fourth-order valence-electron chi connectivity index (χ4n) is 1.23. The highest BCUT2D eigenvalue weighted by molar-refractivity contribution is 5.77. The lowest BCUT2D eigenvalue weighted by molar-refractivity contribution is 0.901. The van der Waals surface area contributed by atoms with Crippen LogP contribution in [-0.2, 0) is 7.05 Å². The molecule has 0 unspecified atom stereocenters. The molecule has 1 heterocycles. The van der Waals surface area contributed by atoms with Gasteiger partial charge in [-0.3, -0.25) is 4.79 Å². The van der Waals surface area contributed by atoms with E-state index in [1.807, 2.05) is 29.8 Å². The number of para-hydroxylation sites is 1. The second-order valence-corrected chi connectivity index (χ2v) is 2.68. The predicted molar refractivity (Wildman–Crippen MR) is 47.0 cm³/mol. The van der Waals surface area contributed by atoms with E-state index in [0.717, 1.165) is 5.52 Å². The van der Waals surface area contributed by atoms with Gasteiger partial charge in [0.25, 0.3) is 5.56 Å². The number of aryl methyl sites for hydroxylation is 1. The highest BCUT2D eigenvalue weighted by atomic mass is 16.1. The molecule has 0 fully saturated rings. The lowest BCUT2D eigenvalue weighted by atomic mass is 10.2. The number of aromatic nitrogens is 2. The van der Waals surface area contributed by atoms with Crippen LogP contribution in [0.1, 0.15) is 0 Å². The zero-order valence-corrected chi connectivity index (χ0v) is 6.69. The second kappa shape index (κ2) is 2.44. The second-order valence-electron chi connectivity index (χ2n) is 2.68. The van der Waals surface area contributed by atoms with Crippen LogP contribution < -0.4 is 5.56 Å². The molecule has 0 atom stereocenters. The molecule has 0 saturated carbocycles. The van der Waals surface area contributed by atoms with Crippen molar-refractivity contribution < 1.29 is 0 Å². The Morgan fingerprint density at radius 1 is 1.33 bits per heavy atom. The normalized spacial score (nSPS) is 10.4. The van der Waals surface area contributed by atoms with Crippen molar-refractivity contribution in [3.05, 3.63) is 40.9 Å². The first-order valence-electron chi connectivity index (χ1n) is 3.69. The van der Waals surface area contributed by atoms with E-state index in [0.29, 0.717) is 5.39 Å². The van der Waals surface area contributed by atoms with Gasteiger partial charge in [0.2, 0.25) is 0 Å². The molecule has 0 aliphatic carbocycles. The summed E-state index contributed by atoms with van der Waals surface area (Å²) in [5.41, 5.74) is 0.751. The molecule has 0 saturated heterocycles. The van der Waals surface area contributed by atoms with Crippen LogP contribution in [0.3, 0.4) is 0 Å². The molecule has 3 heteroatoms. The SMILES string of the molecule is Cn1cnc(=O)c2ccccc21. The molecule has 2 rings (SSSR count). The van der Waals surface area contributed by atoms with E-state index in [1.165, 1.54) is 6.33 Å². The van der Waals surface area contributed by atoms with E-state index in [9.17, 15) is 4.79 Å². The third-order valence-electron chi connectivity index (χ3n) is 1.86. The lowest BCUT2D eigenvalue weighted by Crippen LogP contribution is -2.09. The number of nitrogens with zero attached hydrogens (tertiary/aromatic N) is 2. The quantitative estimate of drug-likeness (QED) is 0.574. The van der Waals surface area contributed by atoms with Crippen molar-refractivity contribution in [2.45, 2.75) is 0 Å². The maximum atomic E-state index is 11.2. The molecule has 1 aromatic heterocycles. The van der Waals surface area contributed by atoms with Gasteiger partial charge in [0.15, 0.2) is 0 Å². The molecule has 0 aliphatic heterocycles. The summed E-state index contributed by atoms with van der Waals surface area (Å²) in [5, 5.41) is 0.669. The lowest BCUT2D eigenvalue weighted by Gasteiger charge is -2.01. The summed E-state index contributed by atoms with van der Waals surface area (Å²) in [7, 11) is 1.87. The zero-order valence-electron chi connectivity index (χ0n) is 6.69. The molecule has 2 aromatic rings. The van der Waals surface area contributed by atoms with Gasteiger partial charge in [-0.05, 0) is 12.1 Å². The van der Waals surface area contributed by atoms with E-state index >= 15 is 0 Å². The van der Waals surface area contributed by atoms with Gasteiger partial charge in [-0.15, -0.1) is 0 Å². The van der Waals surface area contributed by atoms with Crippen molar-refractivity contribution in [1.82, 2.24) is 9.55 Å². The molecule has 60 valence electrons. The van der Waals surface area contributed by atoms with Gasteiger partial charge >= 0.3 is 0 Å². The standard InChI is InChI=1S/C9H8N2O/c1-11-6-10-9(12)7-4-2-3-5-8(7)11/h2-6H,1H3. The summed E-state index contributed by atoms with van der Waals surface area (Å²) in [6, 6.07) is 7.43. The molecular weight excluding hydrogens is 152 g/mol. The van der Waals surface area contributed by atoms with Crippen molar-refractivity contribution >= 4 is 10.9 Å². The topological polar surface area (TPSA) is 34.9 Å². The van der Waals surface area contributed by atoms with Gasteiger partial charge in [-0.25, -0.2) is 0 Å². The summed E-state index contributed by atoms with van der Waals surface area (Å²) >= 11 is 0. The van der Waals surface area contributed by atoms with Crippen molar-refractivity contribution in [2.75, 3.05) is 0 Å². The fraction of sp³-hybridized carbons (Fsp3) is 0.111. The van der Waals surface area contributed by atoms with E-state index in [4.69, 9.17) is 0 Å². The number of fused-ring (bicyclic) bond motifs is 1. The average Bonchev–Trinajstić information content (AvgIpc) is 2.12. The Kier molecular flexibility index (Phi) is 1.43. The summed E-state index contributed by atoms with van der Waals surface area (Å²) in [6.07, 6.45) is 1.53. The van der Waals surface area contributed by atoms with E-state index in [-0.39, 0.29) is 5.56 Å². The molecule has 0 N–H and O–H groups in total. The van der Waals surface area contributed by atoms with Crippen LogP contribution in [0.25, 0.3) is 10.9 Å². The van der Waals surface area contributed by atoms with Crippen LogP contribution in [0.5, 0.6) is 0 Å². The first kappa shape index (κ1) is 7.03. The molecule has 0 aliphatic rings. The molecule has 0 spiro atoms. The highest BCUT2D eigenvalue weighted by Crippen LogP contribution is 2.05. The maximum Gasteiger partial charge on any atom is 0.280 e. The first-order chi connectivity index (χ1) is 5.79. The highest BCUT2D eigenvalue weighted by Gasteiger charge is 1.97. The Morgan fingerprint density at radius 3 is 2.83 bits per heavy atom. The molecule has 1 aromatic carbocycles. The van der Waals surface area contributed by atoms with Crippen LogP contribution in [0.15, 0.2) is 35.4 Å². The van der Waals surface area contributed by atoms with Crippen LogP contribution in [0.4, 0.5) is 0 Å². The minimum atomic E-state index is -0.163. The number of benzene rings is 1. The fourth-order valence-corrected chi connectivity index (χ4v) is 1.23. The maximum absolute atomic E-state index is 11.2. The Morgan fingerprint density at radius 2 is 2.08 bits per heavy atom. The van der Waals surface area contributed by atoms with E-state index in [2.05, 4.69) is 4.98 Å². The van der Waals surface area contributed by atoms with Crippen LogP contribution in [-0.4, -0.2) is 9.55 Å². The first-order valence-corrected chi connectivity index (χ1v) is 3.69. The molecule has 0 bridgehead atoms. The molecule has 12 heavy (non-hydrogen) atoms. The van der Waals surface area contributed by atoms with Crippen LogP contribution in [0, 0.1) is 0 Å². The van der Waals surface area contributed by atoms with Crippen molar-refractivity contribution in [1.29, 1.82) is 0 Å². The Hall–Kier alpha value is -1.64. The van der Waals surface area contributed by atoms with Gasteiger partial charge in [0.05, 0.1) is 17.2 Å². The van der Waals surface area contributed by atoms with Crippen molar-refractivity contribution in [3.8, 4) is 0 Å².